The number of hydrogen-bond acceptors (Lipinski definition) is 6. The average molecular weight is 405 g/mol. The van der Waals surface area contributed by atoms with Crippen molar-refractivity contribution in [1.82, 2.24) is 15.8 Å². The Morgan fingerprint density at radius 3 is 2.45 bits per heavy atom. The zero-order valence-electron chi connectivity index (χ0n) is 15.3. The minimum atomic E-state index is -0.730. The molecule has 2 aromatic carbocycles. The van der Waals surface area contributed by atoms with E-state index in [9.17, 15) is 14.4 Å². The molecule has 0 unspecified atom stereocenters. The highest BCUT2D eigenvalue weighted by Gasteiger charge is 2.18. The van der Waals surface area contributed by atoms with Gasteiger partial charge in [0.25, 0.3) is 5.91 Å². The van der Waals surface area contributed by atoms with E-state index in [4.69, 9.17) is 4.42 Å². The largest absolute Gasteiger partial charge is 0.451 e. The SMILES string of the molecule is Cc1nc(-c2ccccc2)sc1C(=O)NNC(=O)c1cc(=O)c2ccccc2o1. The van der Waals surface area contributed by atoms with Crippen molar-refractivity contribution in [3.8, 4) is 10.6 Å². The predicted molar refractivity (Wildman–Crippen MR) is 110 cm³/mol. The molecule has 0 atom stereocenters. The number of carbonyl (C=O) groups is 2. The number of carbonyl (C=O) groups excluding carboxylic acids is 2. The molecule has 0 spiro atoms. The lowest BCUT2D eigenvalue weighted by Crippen LogP contribution is -2.41. The molecule has 7 nitrogen and oxygen atoms in total. The number of nitrogens with zero attached hydrogens (tertiary/aromatic N) is 1. The molecule has 29 heavy (non-hydrogen) atoms. The summed E-state index contributed by atoms with van der Waals surface area (Å²) in [4.78, 5) is 41.7. The number of hydrazine groups is 1. The fourth-order valence-corrected chi connectivity index (χ4v) is 3.73. The molecule has 4 rings (SSSR count). The minimum Gasteiger partial charge on any atom is -0.451 e. The van der Waals surface area contributed by atoms with Gasteiger partial charge in [-0.1, -0.05) is 42.5 Å². The molecule has 2 heterocycles. The van der Waals surface area contributed by atoms with Crippen molar-refractivity contribution >= 4 is 34.1 Å². The Labute approximate surface area is 169 Å². The van der Waals surface area contributed by atoms with E-state index in [0.717, 1.165) is 11.6 Å². The monoisotopic (exact) mass is 405 g/mol. The van der Waals surface area contributed by atoms with Crippen LogP contribution in [0.15, 0.2) is 69.9 Å². The second-order valence-corrected chi connectivity index (χ2v) is 7.18. The summed E-state index contributed by atoms with van der Waals surface area (Å²) < 4.78 is 5.46. The van der Waals surface area contributed by atoms with E-state index in [2.05, 4.69) is 15.8 Å². The second-order valence-electron chi connectivity index (χ2n) is 6.18. The van der Waals surface area contributed by atoms with Gasteiger partial charge in [0.2, 0.25) is 0 Å². The van der Waals surface area contributed by atoms with Crippen LogP contribution in [0.5, 0.6) is 0 Å². The molecule has 2 amide bonds. The topological polar surface area (TPSA) is 101 Å². The summed E-state index contributed by atoms with van der Waals surface area (Å²) in [6.07, 6.45) is 0. The van der Waals surface area contributed by atoms with E-state index in [-0.39, 0.29) is 11.2 Å². The zero-order chi connectivity index (χ0) is 20.4. The number of fused-ring (bicyclic) bond motifs is 1. The fraction of sp³-hybridized carbons (Fsp3) is 0.0476. The maximum absolute atomic E-state index is 12.5. The number of rotatable bonds is 3. The predicted octanol–water partition coefficient (Wildman–Crippen LogP) is 3.30. The normalized spacial score (nSPS) is 10.7. The van der Waals surface area contributed by atoms with Gasteiger partial charge in [0.1, 0.15) is 15.5 Å². The number of benzene rings is 2. The van der Waals surface area contributed by atoms with Crippen LogP contribution in [0.4, 0.5) is 0 Å². The standard InChI is InChI=1S/C21H15N3O4S/c1-12-18(29-21(22-12)13-7-3-2-4-8-13)20(27)24-23-19(26)17-11-15(25)14-9-5-6-10-16(14)28-17/h2-11H,1H3,(H,23,26)(H,24,27). The van der Waals surface area contributed by atoms with Crippen molar-refractivity contribution in [2.75, 3.05) is 0 Å². The lowest BCUT2D eigenvalue weighted by molar-refractivity contribution is 0.0832. The Morgan fingerprint density at radius 1 is 0.966 bits per heavy atom. The fourth-order valence-electron chi connectivity index (χ4n) is 2.76. The first kappa shape index (κ1) is 18.6. The molecular formula is C21H15N3O4S. The van der Waals surface area contributed by atoms with Gasteiger partial charge in [-0.15, -0.1) is 11.3 Å². The summed E-state index contributed by atoms with van der Waals surface area (Å²) >= 11 is 1.22. The quantitative estimate of drug-likeness (QED) is 0.509. The second kappa shape index (κ2) is 7.69. The number of aryl methyl sites for hydroxylation is 1. The number of nitrogens with one attached hydrogen (secondary N) is 2. The van der Waals surface area contributed by atoms with Crippen molar-refractivity contribution in [3.05, 3.63) is 87.2 Å². The maximum Gasteiger partial charge on any atom is 0.305 e. The molecule has 4 aromatic rings. The third-order valence-electron chi connectivity index (χ3n) is 4.17. The smallest absolute Gasteiger partial charge is 0.305 e. The zero-order valence-corrected chi connectivity index (χ0v) is 16.1. The van der Waals surface area contributed by atoms with Crippen molar-refractivity contribution < 1.29 is 14.0 Å². The first-order valence-electron chi connectivity index (χ1n) is 8.69. The summed E-state index contributed by atoms with van der Waals surface area (Å²) in [5.41, 5.74) is 6.03. The summed E-state index contributed by atoms with van der Waals surface area (Å²) in [5, 5.41) is 1.09. The van der Waals surface area contributed by atoms with Crippen LogP contribution in [0.3, 0.4) is 0 Å². The molecule has 0 bridgehead atoms. The van der Waals surface area contributed by atoms with Crippen LogP contribution in [0.2, 0.25) is 0 Å². The molecule has 0 radical (unpaired) electrons. The molecule has 0 fully saturated rings. The molecule has 0 saturated carbocycles. The van der Waals surface area contributed by atoms with Crippen LogP contribution in [0.25, 0.3) is 21.5 Å². The molecule has 2 aromatic heterocycles. The molecule has 0 aliphatic carbocycles. The van der Waals surface area contributed by atoms with E-state index < -0.39 is 11.8 Å². The van der Waals surface area contributed by atoms with Crippen LogP contribution in [-0.2, 0) is 0 Å². The van der Waals surface area contributed by atoms with E-state index in [1.807, 2.05) is 30.3 Å². The molecule has 0 saturated heterocycles. The van der Waals surface area contributed by atoms with E-state index >= 15 is 0 Å². The Bertz CT molecular complexity index is 1280. The van der Waals surface area contributed by atoms with E-state index in [1.165, 1.54) is 11.3 Å². The average Bonchev–Trinajstić information content (AvgIpc) is 3.14. The minimum absolute atomic E-state index is 0.194. The highest BCUT2D eigenvalue weighted by Crippen LogP contribution is 2.27. The van der Waals surface area contributed by atoms with Crippen molar-refractivity contribution in [2.24, 2.45) is 0 Å². The van der Waals surface area contributed by atoms with Gasteiger partial charge in [-0.3, -0.25) is 25.2 Å². The third-order valence-corrected chi connectivity index (χ3v) is 5.38. The van der Waals surface area contributed by atoms with Gasteiger partial charge < -0.3 is 4.42 Å². The summed E-state index contributed by atoms with van der Waals surface area (Å²) in [7, 11) is 0. The van der Waals surface area contributed by atoms with Gasteiger partial charge in [0, 0.05) is 11.6 Å². The van der Waals surface area contributed by atoms with Crippen LogP contribution >= 0.6 is 11.3 Å². The summed E-state index contributed by atoms with van der Waals surface area (Å²) in [6, 6.07) is 17.2. The molecule has 144 valence electrons. The Morgan fingerprint density at radius 2 is 1.66 bits per heavy atom. The first-order chi connectivity index (χ1) is 14.0. The Hall–Kier alpha value is -3.78. The van der Waals surface area contributed by atoms with E-state index in [0.29, 0.717) is 26.5 Å². The van der Waals surface area contributed by atoms with E-state index in [1.54, 1.807) is 31.2 Å². The van der Waals surface area contributed by atoms with Crippen molar-refractivity contribution in [1.29, 1.82) is 0 Å². The number of amides is 2. The van der Waals surface area contributed by atoms with Crippen LogP contribution < -0.4 is 16.3 Å². The highest BCUT2D eigenvalue weighted by molar-refractivity contribution is 7.17. The maximum atomic E-state index is 12.5. The molecule has 8 heteroatoms. The summed E-state index contributed by atoms with van der Waals surface area (Å²) in [5.74, 6) is -1.43. The lowest BCUT2D eigenvalue weighted by Gasteiger charge is -2.06. The Balaban J connectivity index is 1.49. The lowest BCUT2D eigenvalue weighted by atomic mass is 10.2. The van der Waals surface area contributed by atoms with Crippen molar-refractivity contribution in [3.63, 3.8) is 0 Å². The van der Waals surface area contributed by atoms with Gasteiger partial charge in [-0.2, -0.15) is 0 Å². The van der Waals surface area contributed by atoms with Gasteiger partial charge in [-0.05, 0) is 19.1 Å². The molecule has 2 N–H and O–H groups in total. The van der Waals surface area contributed by atoms with Crippen molar-refractivity contribution in [2.45, 2.75) is 6.92 Å². The Kier molecular flexibility index (Phi) is 4.92. The highest BCUT2D eigenvalue weighted by atomic mass is 32.1. The number of thiazole rings is 1. The summed E-state index contributed by atoms with van der Waals surface area (Å²) in [6.45, 7) is 1.72. The number of para-hydroxylation sites is 1. The number of aromatic nitrogens is 1. The van der Waals surface area contributed by atoms with Gasteiger partial charge in [0.15, 0.2) is 11.2 Å². The van der Waals surface area contributed by atoms with Crippen LogP contribution in [0, 0.1) is 6.92 Å². The molecular weight excluding hydrogens is 390 g/mol. The first-order valence-corrected chi connectivity index (χ1v) is 9.51. The number of hydrogen-bond donors (Lipinski definition) is 2. The van der Waals surface area contributed by atoms with Gasteiger partial charge >= 0.3 is 5.91 Å². The van der Waals surface area contributed by atoms with Gasteiger partial charge in [0.05, 0.1) is 11.1 Å². The molecule has 0 aliphatic heterocycles. The third kappa shape index (κ3) is 3.78. The molecule has 0 aliphatic rings. The van der Waals surface area contributed by atoms with Gasteiger partial charge in [-0.25, -0.2) is 4.98 Å². The van der Waals surface area contributed by atoms with Crippen LogP contribution in [-0.4, -0.2) is 16.8 Å². The van der Waals surface area contributed by atoms with Crippen LogP contribution in [0.1, 0.15) is 25.9 Å².